The van der Waals surface area contributed by atoms with Crippen molar-refractivity contribution in [3.05, 3.63) is 29.6 Å². The van der Waals surface area contributed by atoms with Gasteiger partial charge in [-0.15, -0.1) is 0 Å². The number of hydrogen-bond donors (Lipinski definition) is 3. The lowest BCUT2D eigenvalue weighted by atomic mass is 10.3. The third kappa shape index (κ3) is 2.57. The van der Waals surface area contributed by atoms with Crippen LogP contribution in [0.4, 0.5) is 11.8 Å². The lowest BCUT2D eigenvalue weighted by molar-refractivity contribution is 0.453. The van der Waals surface area contributed by atoms with Crippen LogP contribution in [0.25, 0.3) is 0 Å². The maximum absolute atomic E-state index is 5.46. The molecule has 1 atom stereocenters. The highest BCUT2D eigenvalue weighted by Crippen LogP contribution is 2.20. The molecule has 0 saturated carbocycles. The van der Waals surface area contributed by atoms with Crippen molar-refractivity contribution in [2.75, 3.05) is 10.7 Å². The molecule has 18 heavy (non-hydrogen) atoms. The lowest BCUT2D eigenvalue weighted by Crippen LogP contribution is -2.14. The molecule has 1 unspecified atom stereocenters. The first-order valence-corrected chi connectivity index (χ1v) is 5.59. The first kappa shape index (κ1) is 12.3. The molecular weight excluding hydrogens is 232 g/mol. The highest BCUT2D eigenvalue weighted by Gasteiger charge is 2.13. The molecule has 0 fully saturated rings. The van der Waals surface area contributed by atoms with Crippen LogP contribution in [-0.2, 0) is 0 Å². The number of oxazole rings is 1. The summed E-state index contributed by atoms with van der Waals surface area (Å²) in [7, 11) is 0. The van der Waals surface area contributed by atoms with Gasteiger partial charge in [-0.1, -0.05) is 0 Å². The molecule has 4 N–H and O–H groups in total. The van der Waals surface area contributed by atoms with Gasteiger partial charge < -0.3 is 9.73 Å². The molecule has 0 aliphatic carbocycles. The van der Waals surface area contributed by atoms with Gasteiger partial charge in [0.15, 0.2) is 0 Å². The Morgan fingerprint density at radius 1 is 1.28 bits per heavy atom. The van der Waals surface area contributed by atoms with E-state index >= 15 is 0 Å². The van der Waals surface area contributed by atoms with Crippen LogP contribution in [0.5, 0.6) is 0 Å². The van der Waals surface area contributed by atoms with Crippen LogP contribution >= 0.6 is 0 Å². The molecule has 0 saturated heterocycles. The molecule has 0 aliphatic heterocycles. The number of anilines is 2. The summed E-state index contributed by atoms with van der Waals surface area (Å²) in [5.74, 6) is 7.73. The predicted octanol–water partition coefficient (Wildman–Crippen LogP) is 1.54. The standard InChI is InChI=1S/C11H16N6O/c1-6-4-14-11(17-12)16-9(6)15-8(3)10-13-5-7(2)18-10/h4-5,8H,12H2,1-3H3,(H2,14,15,16,17). The third-order valence-electron chi connectivity index (χ3n) is 2.46. The Morgan fingerprint density at radius 2 is 2.06 bits per heavy atom. The van der Waals surface area contributed by atoms with Crippen LogP contribution in [0.1, 0.15) is 30.2 Å². The summed E-state index contributed by atoms with van der Waals surface area (Å²) in [4.78, 5) is 12.4. The Bertz CT molecular complexity index is 538. The van der Waals surface area contributed by atoms with E-state index in [4.69, 9.17) is 10.3 Å². The number of nitrogens with zero attached hydrogens (tertiary/aromatic N) is 3. The summed E-state index contributed by atoms with van der Waals surface area (Å²) in [5.41, 5.74) is 3.33. The fourth-order valence-corrected chi connectivity index (χ4v) is 1.50. The Hall–Kier alpha value is -2.15. The Kier molecular flexibility index (Phi) is 3.42. The summed E-state index contributed by atoms with van der Waals surface area (Å²) in [6, 6.07) is -0.0853. The topological polar surface area (TPSA) is 102 Å². The van der Waals surface area contributed by atoms with Crippen molar-refractivity contribution >= 4 is 11.8 Å². The first-order chi connectivity index (χ1) is 8.60. The molecule has 2 aromatic rings. The molecule has 0 aliphatic rings. The Balaban J connectivity index is 2.18. The van der Waals surface area contributed by atoms with Crippen molar-refractivity contribution in [2.24, 2.45) is 5.84 Å². The minimum absolute atomic E-state index is 0.0853. The number of hydrazine groups is 1. The fourth-order valence-electron chi connectivity index (χ4n) is 1.50. The van der Waals surface area contributed by atoms with Crippen LogP contribution in [-0.4, -0.2) is 15.0 Å². The minimum atomic E-state index is -0.0853. The van der Waals surface area contributed by atoms with Gasteiger partial charge in [-0.05, 0) is 20.8 Å². The zero-order chi connectivity index (χ0) is 13.1. The van der Waals surface area contributed by atoms with Crippen molar-refractivity contribution in [1.29, 1.82) is 0 Å². The van der Waals surface area contributed by atoms with E-state index in [2.05, 4.69) is 25.7 Å². The zero-order valence-corrected chi connectivity index (χ0v) is 10.6. The van der Waals surface area contributed by atoms with Gasteiger partial charge in [-0.3, -0.25) is 5.43 Å². The van der Waals surface area contributed by atoms with Crippen LogP contribution in [0.2, 0.25) is 0 Å². The lowest BCUT2D eigenvalue weighted by Gasteiger charge is -2.13. The van der Waals surface area contributed by atoms with Gasteiger partial charge in [0.05, 0.1) is 6.20 Å². The smallest absolute Gasteiger partial charge is 0.239 e. The number of nitrogens with one attached hydrogen (secondary N) is 2. The highest BCUT2D eigenvalue weighted by atomic mass is 16.4. The number of aromatic nitrogens is 3. The minimum Gasteiger partial charge on any atom is -0.444 e. The SMILES string of the molecule is Cc1cnc(C(C)Nc2nc(NN)ncc2C)o1. The van der Waals surface area contributed by atoms with Crippen molar-refractivity contribution in [1.82, 2.24) is 15.0 Å². The predicted molar refractivity (Wildman–Crippen MR) is 67.9 cm³/mol. The Morgan fingerprint density at radius 3 is 2.67 bits per heavy atom. The van der Waals surface area contributed by atoms with E-state index in [-0.39, 0.29) is 6.04 Å². The maximum Gasteiger partial charge on any atom is 0.239 e. The fraction of sp³-hybridized carbons (Fsp3) is 0.364. The molecule has 0 amide bonds. The van der Waals surface area contributed by atoms with Gasteiger partial charge in [-0.2, -0.15) is 4.98 Å². The van der Waals surface area contributed by atoms with Gasteiger partial charge >= 0.3 is 0 Å². The summed E-state index contributed by atoms with van der Waals surface area (Å²) in [5, 5.41) is 3.21. The average Bonchev–Trinajstić information content (AvgIpc) is 2.79. The summed E-state index contributed by atoms with van der Waals surface area (Å²) < 4.78 is 5.46. The van der Waals surface area contributed by atoms with E-state index < -0.39 is 0 Å². The molecule has 0 spiro atoms. The monoisotopic (exact) mass is 248 g/mol. The van der Waals surface area contributed by atoms with Crippen molar-refractivity contribution in [2.45, 2.75) is 26.8 Å². The molecule has 0 aromatic carbocycles. The van der Waals surface area contributed by atoms with E-state index in [1.54, 1.807) is 12.4 Å². The number of aryl methyl sites for hydroxylation is 2. The molecule has 0 bridgehead atoms. The van der Waals surface area contributed by atoms with Crippen LogP contribution in [0.3, 0.4) is 0 Å². The van der Waals surface area contributed by atoms with Gasteiger partial charge in [0.1, 0.15) is 17.6 Å². The molecule has 2 rings (SSSR count). The first-order valence-electron chi connectivity index (χ1n) is 5.59. The van der Waals surface area contributed by atoms with Gasteiger partial charge in [-0.25, -0.2) is 15.8 Å². The molecular formula is C11H16N6O. The summed E-state index contributed by atoms with van der Waals surface area (Å²) >= 11 is 0. The third-order valence-corrected chi connectivity index (χ3v) is 2.46. The Labute approximate surface area is 105 Å². The van der Waals surface area contributed by atoms with Crippen LogP contribution < -0.4 is 16.6 Å². The molecule has 96 valence electrons. The van der Waals surface area contributed by atoms with Gasteiger partial charge in [0.2, 0.25) is 11.8 Å². The number of hydrogen-bond acceptors (Lipinski definition) is 7. The number of rotatable bonds is 4. The second-order valence-electron chi connectivity index (χ2n) is 4.04. The second-order valence-corrected chi connectivity index (χ2v) is 4.04. The van der Waals surface area contributed by atoms with Gasteiger partial charge in [0, 0.05) is 11.8 Å². The highest BCUT2D eigenvalue weighted by molar-refractivity contribution is 5.46. The van der Waals surface area contributed by atoms with E-state index in [1.807, 2.05) is 20.8 Å². The van der Waals surface area contributed by atoms with E-state index in [0.29, 0.717) is 17.7 Å². The summed E-state index contributed by atoms with van der Waals surface area (Å²) in [6.45, 7) is 5.72. The quantitative estimate of drug-likeness (QED) is 0.557. The average molecular weight is 248 g/mol. The molecule has 7 heteroatoms. The van der Waals surface area contributed by atoms with E-state index in [9.17, 15) is 0 Å². The van der Waals surface area contributed by atoms with E-state index in [0.717, 1.165) is 11.3 Å². The largest absolute Gasteiger partial charge is 0.444 e. The molecule has 2 aromatic heterocycles. The van der Waals surface area contributed by atoms with Crippen LogP contribution in [0, 0.1) is 13.8 Å². The van der Waals surface area contributed by atoms with Gasteiger partial charge in [0.25, 0.3) is 0 Å². The van der Waals surface area contributed by atoms with Crippen molar-refractivity contribution in [3.8, 4) is 0 Å². The second kappa shape index (κ2) is 5.01. The zero-order valence-electron chi connectivity index (χ0n) is 10.6. The maximum atomic E-state index is 5.46. The molecule has 2 heterocycles. The summed E-state index contributed by atoms with van der Waals surface area (Å²) in [6.07, 6.45) is 3.38. The van der Waals surface area contributed by atoms with E-state index in [1.165, 1.54) is 0 Å². The van der Waals surface area contributed by atoms with Crippen LogP contribution in [0.15, 0.2) is 16.8 Å². The molecule has 0 radical (unpaired) electrons. The normalized spacial score (nSPS) is 12.2. The molecule has 7 nitrogen and oxygen atoms in total. The van der Waals surface area contributed by atoms with Crippen molar-refractivity contribution in [3.63, 3.8) is 0 Å². The number of nitrogens with two attached hydrogens (primary N) is 1. The van der Waals surface area contributed by atoms with Crippen molar-refractivity contribution < 1.29 is 4.42 Å². The number of nitrogen functional groups attached to an aromatic ring is 1.